The summed E-state index contributed by atoms with van der Waals surface area (Å²) >= 11 is 0. The molecule has 4 nitrogen and oxygen atoms in total. The van der Waals surface area contributed by atoms with Crippen LogP contribution in [0, 0.1) is 6.92 Å². The van der Waals surface area contributed by atoms with Crippen LogP contribution in [0.1, 0.15) is 62.5 Å². The highest BCUT2D eigenvalue weighted by Gasteiger charge is 2.46. The average molecular weight is 385 g/mol. The Labute approximate surface area is 170 Å². The number of amides is 1. The minimum atomic E-state index is -0.294. The summed E-state index contributed by atoms with van der Waals surface area (Å²) in [6.45, 7) is 6.20. The molecule has 0 spiro atoms. The predicted molar refractivity (Wildman–Crippen MR) is 113 cm³/mol. The minimum Gasteiger partial charge on any atom is -0.381 e. The molecule has 1 amide bonds. The number of likely N-dealkylation sites (tertiary alicyclic amines) is 1. The van der Waals surface area contributed by atoms with Gasteiger partial charge in [0, 0.05) is 45.4 Å². The number of benzene rings is 1. The molecule has 1 aromatic carbocycles. The van der Waals surface area contributed by atoms with E-state index in [0.29, 0.717) is 18.0 Å². The summed E-state index contributed by atoms with van der Waals surface area (Å²) in [7, 11) is 2.06. The second-order valence-electron chi connectivity index (χ2n) is 9.13. The normalized spacial score (nSPS) is 24.4. The lowest BCUT2D eigenvalue weighted by Crippen LogP contribution is -2.53. The summed E-state index contributed by atoms with van der Waals surface area (Å²) in [5.41, 5.74) is 2.24. The lowest BCUT2D eigenvalue weighted by Gasteiger charge is -2.43. The van der Waals surface area contributed by atoms with Crippen LogP contribution in [0.25, 0.3) is 0 Å². The van der Waals surface area contributed by atoms with E-state index in [-0.39, 0.29) is 5.41 Å². The number of hydrogen-bond acceptors (Lipinski definition) is 3. The molecule has 2 heterocycles. The van der Waals surface area contributed by atoms with Crippen molar-refractivity contribution in [3.63, 3.8) is 0 Å². The first-order valence-electron chi connectivity index (χ1n) is 11.3. The van der Waals surface area contributed by atoms with E-state index in [2.05, 4.69) is 48.0 Å². The molecule has 3 aliphatic rings. The van der Waals surface area contributed by atoms with Crippen LogP contribution in [0.15, 0.2) is 24.3 Å². The van der Waals surface area contributed by atoms with Crippen molar-refractivity contribution in [2.75, 3.05) is 33.4 Å². The van der Waals surface area contributed by atoms with Gasteiger partial charge in [-0.25, -0.2) is 0 Å². The molecule has 28 heavy (non-hydrogen) atoms. The van der Waals surface area contributed by atoms with Gasteiger partial charge in [0.1, 0.15) is 0 Å². The molecule has 4 heteroatoms. The van der Waals surface area contributed by atoms with Crippen molar-refractivity contribution in [1.29, 1.82) is 0 Å². The highest BCUT2D eigenvalue weighted by molar-refractivity contribution is 5.89. The monoisotopic (exact) mass is 384 g/mol. The number of carbonyl (C=O) groups excluding carboxylic acids is 1. The number of ether oxygens (including phenoxy) is 1. The van der Waals surface area contributed by atoms with E-state index in [1.165, 1.54) is 11.1 Å². The van der Waals surface area contributed by atoms with Crippen LogP contribution in [0.4, 0.5) is 0 Å². The Kier molecular flexibility index (Phi) is 6.07. The highest BCUT2D eigenvalue weighted by Crippen LogP contribution is 2.44. The van der Waals surface area contributed by atoms with E-state index < -0.39 is 0 Å². The Bertz CT molecular complexity index is 669. The first kappa shape index (κ1) is 19.9. The molecule has 1 saturated carbocycles. The fourth-order valence-electron chi connectivity index (χ4n) is 5.88. The smallest absolute Gasteiger partial charge is 0.233 e. The number of rotatable bonds is 4. The standard InChI is InChI=1S/C24H36N2O2/c1-19-7-3-4-8-22(19)24(13-5-6-14-24)23(27)25(2)20-9-15-26(16-10-20)21-11-17-28-18-12-21/h3-4,7-8,20-21H,5-6,9-18H2,1-2H3. The molecule has 0 unspecified atom stereocenters. The van der Waals surface area contributed by atoms with Crippen molar-refractivity contribution in [1.82, 2.24) is 9.80 Å². The average Bonchev–Trinajstić information content (AvgIpc) is 3.25. The van der Waals surface area contributed by atoms with Gasteiger partial charge in [-0.1, -0.05) is 37.1 Å². The van der Waals surface area contributed by atoms with Gasteiger partial charge in [0.2, 0.25) is 5.91 Å². The molecule has 1 aliphatic carbocycles. The summed E-state index contributed by atoms with van der Waals surface area (Å²) in [6.07, 6.45) is 8.86. The van der Waals surface area contributed by atoms with Gasteiger partial charge in [-0.3, -0.25) is 4.79 Å². The number of piperidine rings is 1. The first-order chi connectivity index (χ1) is 13.6. The molecule has 0 radical (unpaired) electrons. The van der Waals surface area contributed by atoms with Crippen LogP contribution < -0.4 is 0 Å². The maximum atomic E-state index is 13.8. The predicted octanol–water partition coefficient (Wildman–Crippen LogP) is 3.91. The molecule has 0 aromatic heterocycles. The maximum Gasteiger partial charge on any atom is 0.233 e. The summed E-state index contributed by atoms with van der Waals surface area (Å²) < 4.78 is 5.52. The van der Waals surface area contributed by atoms with Crippen LogP contribution in [0.5, 0.6) is 0 Å². The van der Waals surface area contributed by atoms with Gasteiger partial charge in [0.25, 0.3) is 0 Å². The van der Waals surface area contributed by atoms with Gasteiger partial charge < -0.3 is 14.5 Å². The van der Waals surface area contributed by atoms with Gasteiger partial charge in [-0.2, -0.15) is 0 Å². The van der Waals surface area contributed by atoms with Crippen LogP contribution >= 0.6 is 0 Å². The summed E-state index contributed by atoms with van der Waals surface area (Å²) in [5, 5.41) is 0. The molecule has 3 fully saturated rings. The maximum absolute atomic E-state index is 13.8. The third kappa shape index (κ3) is 3.73. The van der Waals surface area contributed by atoms with Crippen molar-refractivity contribution < 1.29 is 9.53 Å². The summed E-state index contributed by atoms with van der Waals surface area (Å²) in [6, 6.07) is 9.60. The van der Waals surface area contributed by atoms with E-state index in [1.54, 1.807) is 0 Å². The number of likely N-dealkylation sites (N-methyl/N-ethyl adjacent to an activating group) is 1. The van der Waals surface area contributed by atoms with E-state index in [4.69, 9.17) is 4.74 Å². The first-order valence-corrected chi connectivity index (χ1v) is 11.3. The second-order valence-corrected chi connectivity index (χ2v) is 9.13. The number of carbonyl (C=O) groups is 1. The largest absolute Gasteiger partial charge is 0.381 e. The molecule has 0 atom stereocenters. The van der Waals surface area contributed by atoms with Crippen molar-refractivity contribution in [2.45, 2.75) is 75.8 Å². The lowest BCUT2D eigenvalue weighted by molar-refractivity contribution is -0.139. The van der Waals surface area contributed by atoms with Crippen molar-refractivity contribution >= 4 is 5.91 Å². The second kappa shape index (κ2) is 8.54. The van der Waals surface area contributed by atoms with Crippen LogP contribution in [0.3, 0.4) is 0 Å². The molecular formula is C24H36N2O2. The molecule has 2 saturated heterocycles. The van der Waals surface area contributed by atoms with Gasteiger partial charge in [0.15, 0.2) is 0 Å². The van der Waals surface area contributed by atoms with E-state index >= 15 is 0 Å². The van der Waals surface area contributed by atoms with Crippen molar-refractivity contribution in [3.8, 4) is 0 Å². The third-order valence-corrected chi connectivity index (χ3v) is 7.60. The molecule has 1 aromatic rings. The Balaban J connectivity index is 1.44. The molecule has 2 aliphatic heterocycles. The molecule has 4 rings (SSSR count). The van der Waals surface area contributed by atoms with Gasteiger partial charge in [0.05, 0.1) is 5.41 Å². The number of nitrogens with zero attached hydrogens (tertiary/aromatic N) is 2. The molecule has 0 N–H and O–H groups in total. The van der Waals surface area contributed by atoms with Crippen LogP contribution in [-0.4, -0.2) is 61.1 Å². The van der Waals surface area contributed by atoms with E-state index in [9.17, 15) is 4.79 Å². The number of aryl methyl sites for hydroxylation is 1. The Hall–Kier alpha value is -1.39. The quantitative estimate of drug-likeness (QED) is 0.789. The molecule has 0 bridgehead atoms. The zero-order chi connectivity index (χ0) is 19.6. The summed E-state index contributed by atoms with van der Waals surface area (Å²) in [5.74, 6) is 0.365. The van der Waals surface area contributed by atoms with E-state index in [0.717, 1.165) is 77.7 Å². The minimum absolute atomic E-state index is 0.294. The van der Waals surface area contributed by atoms with Gasteiger partial charge >= 0.3 is 0 Å². The van der Waals surface area contributed by atoms with Gasteiger partial charge in [-0.05, 0) is 56.6 Å². The Morgan fingerprint density at radius 3 is 2.36 bits per heavy atom. The summed E-state index contributed by atoms with van der Waals surface area (Å²) in [4.78, 5) is 18.6. The van der Waals surface area contributed by atoms with Crippen LogP contribution in [0.2, 0.25) is 0 Å². The third-order valence-electron chi connectivity index (χ3n) is 7.60. The zero-order valence-corrected chi connectivity index (χ0v) is 17.7. The lowest BCUT2D eigenvalue weighted by atomic mass is 9.75. The topological polar surface area (TPSA) is 32.8 Å². The van der Waals surface area contributed by atoms with Crippen molar-refractivity contribution in [2.24, 2.45) is 0 Å². The Morgan fingerprint density at radius 2 is 1.71 bits per heavy atom. The highest BCUT2D eigenvalue weighted by atomic mass is 16.5. The van der Waals surface area contributed by atoms with Gasteiger partial charge in [-0.15, -0.1) is 0 Å². The molecular weight excluding hydrogens is 348 g/mol. The fourth-order valence-corrected chi connectivity index (χ4v) is 5.88. The molecule has 154 valence electrons. The van der Waals surface area contributed by atoms with Crippen LogP contribution in [-0.2, 0) is 14.9 Å². The fraction of sp³-hybridized carbons (Fsp3) is 0.708. The van der Waals surface area contributed by atoms with E-state index in [1.807, 2.05) is 0 Å². The Morgan fingerprint density at radius 1 is 1.07 bits per heavy atom. The zero-order valence-electron chi connectivity index (χ0n) is 17.7. The van der Waals surface area contributed by atoms with Crippen molar-refractivity contribution in [3.05, 3.63) is 35.4 Å². The number of hydrogen-bond donors (Lipinski definition) is 0. The SMILES string of the molecule is Cc1ccccc1C1(C(=O)N(C)C2CCN(C3CCOCC3)CC2)CCCC1.